The summed E-state index contributed by atoms with van der Waals surface area (Å²) >= 11 is 0. The van der Waals surface area contributed by atoms with Crippen molar-refractivity contribution in [3.05, 3.63) is 83.9 Å². The highest BCUT2D eigenvalue weighted by Crippen LogP contribution is 2.28. The van der Waals surface area contributed by atoms with E-state index in [-0.39, 0.29) is 0 Å². The Morgan fingerprint density at radius 3 is 1.75 bits per heavy atom. The first-order chi connectivity index (χ1) is 9.75. The van der Waals surface area contributed by atoms with E-state index in [0.717, 1.165) is 6.42 Å². The molecule has 0 unspecified atom stereocenters. The zero-order valence-electron chi connectivity index (χ0n) is 12.0. The van der Waals surface area contributed by atoms with E-state index in [1.165, 1.54) is 17.0 Å². The quantitative estimate of drug-likeness (QED) is 0.679. The molecular weight excluding hydrogens is 244 g/mol. The Balaban J connectivity index is 2.01. The van der Waals surface area contributed by atoms with Crippen molar-refractivity contribution in [2.24, 2.45) is 14.1 Å². The fraction of sp³-hybridized carbons (Fsp3) is 0.222. The molecule has 2 heteroatoms. The topological polar surface area (TPSA) is 9.86 Å². The molecule has 0 fully saturated rings. The smallest absolute Gasteiger partial charge is 0.0436 e. The van der Waals surface area contributed by atoms with Crippen molar-refractivity contribution < 1.29 is 0 Å². The fourth-order valence-electron chi connectivity index (χ4n) is 2.88. The summed E-state index contributed by atoms with van der Waals surface area (Å²) < 4.78 is 4.45. The van der Waals surface area contributed by atoms with Crippen LogP contribution in [0.4, 0.5) is 0 Å². The van der Waals surface area contributed by atoms with Gasteiger partial charge < -0.3 is 9.13 Å². The second kappa shape index (κ2) is 5.41. The first-order valence-electron chi connectivity index (χ1n) is 7.02. The zero-order chi connectivity index (χ0) is 13.9. The van der Waals surface area contributed by atoms with Crippen LogP contribution in [0.25, 0.3) is 0 Å². The number of nitrogens with zero attached hydrogens (tertiary/aromatic N) is 2. The zero-order valence-corrected chi connectivity index (χ0v) is 12.0. The molecule has 3 aromatic rings. The summed E-state index contributed by atoms with van der Waals surface area (Å²) in [6.45, 7) is 0. The van der Waals surface area contributed by atoms with Crippen LogP contribution >= 0.6 is 0 Å². The van der Waals surface area contributed by atoms with Crippen molar-refractivity contribution in [2.45, 2.75) is 12.3 Å². The van der Waals surface area contributed by atoms with Crippen LogP contribution in [0.1, 0.15) is 22.9 Å². The Kier molecular flexibility index (Phi) is 3.46. The normalized spacial score (nSPS) is 11.2. The summed E-state index contributed by atoms with van der Waals surface area (Å²) in [5.41, 5.74) is 4.09. The third-order valence-electron chi connectivity index (χ3n) is 3.96. The summed E-state index contributed by atoms with van der Waals surface area (Å²) in [6.07, 6.45) is 5.27. The molecule has 2 heterocycles. The second-order valence-corrected chi connectivity index (χ2v) is 5.33. The first kappa shape index (κ1) is 12.8. The largest absolute Gasteiger partial charge is 0.354 e. The molecule has 0 radical (unpaired) electrons. The van der Waals surface area contributed by atoms with Crippen molar-refractivity contribution in [3.8, 4) is 0 Å². The molecule has 3 rings (SSSR count). The molecule has 0 spiro atoms. The van der Waals surface area contributed by atoms with Gasteiger partial charge in [0, 0.05) is 43.8 Å². The minimum Gasteiger partial charge on any atom is -0.354 e. The lowest BCUT2D eigenvalue weighted by molar-refractivity contribution is 0.664. The van der Waals surface area contributed by atoms with E-state index < -0.39 is 0 Å². The molecule has 0 aliphatic carbocycles. The molecule has 20 heavy (non-hydrogen) atoms. The molecule has 2 nitrogen and oxygen atoms in total. The SMILES string of the molecule is Cn1cccc1C(Cc1ccccc1)c1cccn1C. The lowest BCUT2D eigenvalue weighted by atomic mass is 9.93. The standard InChI is InChI=1S/C18H20N2/c1-19-12-6-10-17(19)16(18-11-7-13-20(18)2)14-15-8-4-3-5-9-15/h3-13,16H,14H2,1-2H3. The maximum atomic E-state index is 2.22. The minimum absolute atomic E-state index is 0.386. The molecule has 0 atom stereocenters. The Morgan fingerprint density at radius 1 is 0.750 bits per heavy atom. The highest BCUT2D eigenvalue weighted by molar-refractivity contribution is 5.29. The summed E-state index contributed by atoms with van der Waals surface area (Å²) in [5, 5.41) is 0. The van der Waals surface area contributed by atoms with Crippen molar-refractivity contribution >= 4 is 0 Å². The molecular formula is C18H20N2. The summed E-state index contributed by atoms with van der Waals surface area (Å²) in [6, 6.07) is 19.4. The van der Waals surface area contributed by atoms with Gasteiger partial charge in [0.25, 0.3) is 0 Å². The summed E-state index contributed by atoms with van der Waals surface area (Å²) in [4.78, 5) is 0. The van der Waals surface area contributed by atoms with Gasteiger partial charge in [0.2, 0.25) is 0 Å². The number of rotatable bonds is 4. The third-order valence-corrected chi connectivity index (χ3v) is 3.96. The minimum atomic E-state index is 0.386. The molecule has 0 amide bonds. The lowest BCUT2D eigenvalue weighted by Gasteiger charge is -2.19. The van der Waals surface area contributed by atoms with Gasteiger partial charge in [0.1, 0.15) is 0 Å². The number of hydrogen-bond acceptors (Lipinski definition) is 0. The van der Waals surface area contributed by atoms with E-state index in [1.807, 2.05) is 0 Å². The number of benzene rings is 1. The van der Waals surface area contributed by atoms with E-state index in [2.05, 4.69) is 90.2 Å². The van der Waals surface area contributed by atoms with Crippen LogP contribution in [0.15, 0.2) is 67.0 Å². The first-order valence-corrected chi connectivity index (χ1v) is 7.02. The van der Waals surface area contributed by atoms with Gasteiger partial charge in [-0.25, -0.2) is 0 Å². The maximum Gasteiger partial charge on any atom is 0.0436 e. The molecule has 0 saturated heterocycles. The van der Waals surface area contributed by atoms with Gasteiger partial charge in [-0.05, 0) is 36.2 Å². The average molecular weight is 264 g/mol. The van der Waals surface area contributed by atoms with Crippen LogP contribution in [0.3, 0.4) is 0 Å². The van der Waals surface area contributed by atoms with E-state index in [0.29, 0.717) is 5.92 Å². The van der Waals surface area contributed by atoms with E-state index >= 15 is 0 Å². The van der Waals surface area contributed by atoms with Gasteiger partial charge in [-0.15, -0.1) is 0 Å². The van der Waals surface area contributed by atoms with Crippen molar-refractivity contribution in [1.29, 1.82) is 0 Å². The van der Waals surface area contributed by atoms with Gasteiger partial charge in [0.05, 0.1) is 0 Å². The van der Waals surface area contributed by atoms with Gasteiger partial charge in [0.15, 0.2) is 0 Å². The highest BCUT2D eigenvalue weighted by atomic mass is 15.0. The number of aryl methyl sites for hydroxylation is 2. The Morgan fingerprint density at radius 2 is 1.30 bits per heavy atom. The van der Waals surface area contributed by atoms with Crippen LogP contribution in [0.2, 0.25) is 0 Å². The molecule has 0 saturated carbocycles. The Hall–Kier alpha value is -2.22. The molecule has 1 aromatic carbocycles. The summed E-state index contributed by atoms with van der Waals surface area (Å²) in [7, 11) is 4.24. The van der Waals surface area contributed by atoms with Gasteiger partial charge >= 0.3 is 0 Å². The number of aromatic nitrogens is 2. The van der Waals surface area contributed by atoms with Crippen LogP contribution < -0.4 is 0 Å². The Labute approximate surface area is 120 Å². The molecule has 0 N–H and O–H groups in total. The highest BCUT2D eigenvalue weighted by Gasteiger charge is 2.19. The van der Waals surface area contributed by atoms with Crippen LogP contribution in [-0.4, -0.2) is 9.13 Å². The fourth-order valence-corrected chi connectivity index (χ4v) is 2.88. The average Bonchev–Trinajstić information content (AvgIpc) is 3.06. The van der Waals surface area contributed by atoms with Crippen LogP contribution in [-0.2, 0) is 20.5 Å². The number of hydrogen-bond donors (Lipinski definition) is 0. The second-order valence-electron chi connectivity index (χ2n) is 5.33. The van der Waals surface area contributed by atoms with Gasteiger partial charge in [-0.2, -0.15) is 0 Å². The van der Waals surface area contributed by atoms with E-state index in [4.69, 9.17) is 0 Å². The van der Waals surface area contributed by atoms with Gasteiger partial charge in [-0.1, -0.05) is 30.3 Å². The molecule has 0 aliphatic rings. The molecule has 0 aliphatic heterocycles. The Bertz CT molecular complexity index is 636. The molecule has 2 aromatic heterocycles. The van der Waals surface area contributed by atoms with E-state index in [1.54, 1.807) is 0 Å². The predicted molar refractivity (Wildman–Crippen MR) is 82.8 cm³/mol. The lowest BCUT2D eigenvalue weighted by Crippen LogP contribution is -2.12. The van der Waals surface area contributed by atoms with Gasteiger partial charge in [-0.3, -0.25) is 0 Å². The maximum absolute atomic E-state index is 2.22. The molecule has 102 valence electrons. The third kappa shape index (κ3) is 2.42. The van der Waals surface area contributed by atoms with Crippen molar-refractivity contribution in [3.63, 3.8) is 0 Å². The van der Waals surface area contributed by atoms with E-state index in [9.17, 15) is 0 Å². The van der Waals surface area contributed by atoms with Crippen LogP contribution in [0.5, 0.6) is 0 Å². The van der Waals surface area contributed by atoms with Crippen LogP contribution in [0, 0.1) is 0 Å². The monoisotopic (exact) mass is 264 g/mol. The van der Waals surface area contributed by atoms with Crippen molar-refractivity contribution in [1.82, 2.24) is 9.13 Å². The molecule has 0 bridgehead atoms. The summed E-state index contributed by atoms with van der Waals surface area (Å²) in [5.74, 6) is 0.386. The van der Waals surface area contributed by atoms with Crippen molar-refractivity contribution in [2.75, 3.05) is 0 Å². The predicted octanol–water partition coefficient (Wildman–Crippen LogP) is 3.74.